The summed E-state index contributed by atoms with van der Waals surface area (Å²) in [6.45, 7) is 2.35. The van der Waals surface area contributed by atoms with Gasteiger partial charge in [-0.25, -0.2) is 4.98 Å². The van der Waals surface area contributed by atoms with Gasteiger partial charge in [-0.3, -0.25) is 9.78 Å². The highest BCUT2D eigenvalue weighted by Crippen LogP contribution is 2.29. The van der Waals surface area contributed by atoms with E-state index in [-0.39, 0.29) is 5.91 Å². The van der Waals surface area contributed by atoms with Crippen LogP contribution in [0.2, 0.25) is 0 Å². The van der Waals surface area contributed by atoms with Gasteiger partial charge < -0.3 is 5.32 Å². The van der Waals surface area contributed by atoms with E-state index in [9.17, 15) is 4.79 Å². The van der Waals surface area contributed by atoms with Gasteiger partial charge >= 0.3 is 0 Å². The van der Waals surface area contributed by atoms with Crippen molar-refractivity contribution in [2.75, 3.05) is 0 Å². The third-order valence-corrected chi connectivity index (χ3v) is 4.18. The summed E-state index contributed by atoms with van der Waals surface area (Å²) in [7, 11) is 0. The van der Waals surface area contributed by atoms with Crippen molar-refractivity contribution in [1.29, 1.82) is 0 Å². The smallest absolute Gasteiger partial charge is 0.271 e. The van der Waals surface area contributed by atoms with E-state index in [0.717, 1.165) is 21.0 Å². The first-order chi connectivity index (χ1) is 10.7. The van der Waals surface area contributed by atoms with Gasteiger partial charge in [-0.1, -0.05) is 36.4 Å². The summed E-state index contributed by atoms with van der Waals surface area (Å²) in [6, 6.07) is 13.6. The number of hydrogen-bond acceptors (Lipinski definition) is 4. The average Bonchev–Trinajstić information content (AvgIpc) is 2.96. The molecule has 0 spiro atoms. The number of nitrogens with zero attached hydrogens (tertiary/aromatic N) is 2. The molecule has 3 aromatic rings. The Morgan fingerprint density at radius 3 is 2.73 bits per heavy atom. The normalized spacial score (nSPS) is 10.4. The summed E-state index contributed by atoms with van der Waals surface area (Å²) in [5, 5.41) is 3.78. The molecule has 0 saturated heterocycles. The van der Waals surface area contributed by atoms with Gasteiger partial charge in [0.25, 0.3) is 5.91 Å². The maximum Gasteiger partial charge on any atom is 0.271 e. The second kappa shape index (κ2) is 6.49. The predicted octanol–water partition coefficient (Wildman–Crippen LogP) is 3.44. The van der Waals surface area contributed by atoms with Crippen LogP contribution in [0.1, 0.15) is 21.1 Å². The summed E-state index contributed by atoms with van der Waals surface area (Å²) in [6.07, 6.45) is 3.45. The Balaban J connectivity index is 1.81. The van der Waals surface area contributed by atoms with Crippen LogP contribution >= 0.6 is 11.3 Å². The Morgan fingerprint density at radius 2 is 2.00 bits per heavy atom. The van der Waals surface area contributed by atoms with Crippen molar-refractivity contribution < 1.29 is 4.79 Å². The Hall–Kier alpha value is -2.53. The summed E-state index contributed by atoms with van der Waals surface area (Å²) in [5.41, 5.74) is 2.46. The molecule has 110 valence electrons. The van der Waals surface area contributed by atoms with Gasteiger partial charge in [0.2, 0.25) is 0 Å². The van der Waals surface area contributed by atoms with E-state index < -0.39 is 0 Å². The maximum atomic E-state index is 12.4. The minimum atomic E-state index is -0.160. The van der Waals surface area contributed by atoms with Crippen LogP contribution in [0.15, 0.2) is 54.9 Å². The zero-order valence-electron chi connectivity index (χ0n) is 12.1. The maximum absolute atomic E-state index is 12.4. The van der Waals surface area contributed by atoms with E-state index in [4.69, 9.17) is 0 Å². The van der Waals surface area contributed by atoms with Gasteiger partial charge in [0, 0.05) is 18.9 Å². The standard InChI is InChI=1S/C17H15N3OS/c1-12-20-15(16(22-12)14-7-3-2-4-8-14)17(21)19-11-13-6-5-9-18-10-13/h2-10H,11H2,1H3,(H,19,21). The first-order valence-electron chi connectivity index (χ1n) is 6.94. The first-order valence-corrected chi connectivity index (χ1v) is 7.75. The average molecular weight is 309 g/mol. The molecule has 0 fully saturated rings. The number of aryl methyl sites for hydroxylation is 1. The van der Waals surface area contributed by atoms with Crippen LogP contribution in [0.4, 0.5) is 0 Å². The lowest BCUT2D eigenvalue weighted by Gasteiger charge is -2.05. The van der Waals surface area contributed by atoms with E-state index in [0.29, 0.717) is 12.2 Å². The number of hydrogen-bond donors (Lipinski definition) is 1. The van der Waals surface area contributed by atoms with Gasteiger partial charge in [0.05, 0.1) is 9.88 Å². The minimum absolute atomic E-state index is 0.160. The van der Waals surface area contributed by atoms with Gasteiger partial charge in [0.1, 0.15) is 5.69 Å². The highest BCUT2D eigenvalue weighted by Gasteiger charge is 2.17. The number of aromatic nitrogens is 2. The second-order valence-corrected chi connectivity index (χ2v) is 6.02. The molecule has 1 aromatic carbocycles. The summed E-state index contributed by atoms with van der Waals surface area (Å²) in [5.74, 6) is -0.160. The first kappa shape index (κ1) is 14.4. The fourth-order valence-electron chi connectivity index (χ4n) is 2.13. The molecule has 0 aliphatic rings. The van der Waals surface area contributed by atoms with E-state index in [1.807, 2.05) is 49.4 Å². The van der Waals surface area contributed by atoms with Crippen LogP contribution in [0, 0.1) is 6.92 Å². The molecule has 2 heterocycles. The third-order valence-electron chi connectivity index (χ3n) is 3.16. The van der Waals surface area contributed by atoms with Gasteiger partial charge in [-0.2, -0.15) is 0 Å². The second-order valence-electron chi connectivity index (χ2n) is 4.82. The van der Waals surface area contributed by atoms with Gasteiger partial charge in [-0.15, -0.1) is 11.3 Å². The summed E-state index contributed by atoms with van der Waals surface area (Å²) >= 11 is 1.53. The number of amides is 1. The van der Waals surface area contributed by atoms with Crippen LogP contribution in [-0.4, -0.2) is 15.9 Å². The molecule has 0 aliphatic carbocycles. The molecule has 2 aromatic heterocycles. The van der Waals surface area contributed by atoms with Gasteiger partial charge in [0.15, 0.2) is 0 Å². The molecular weight excluding hydrogens is 294 g/mol. The van der Waals surface area contributed by atoms with E-state index in [1.165, 1.54) is 11.3 Å². The molecular formula is C17H15N3OS. The van der Waals surface area contributed by atoms with Crippen molar-refractivity contribution in [3.8, 4) is 10.4 Å². The summed E-state index contributed by atoms with van der Waals surface area (Å²) < 4.78 is 0. The molecule has 22 heavy (non-hydrogen) atoms. The van der Waals surface area contributed by atoms with E-state index in [2.05, 4.69) is 15.3 Å². The lowest BCUT2D eigenvalue weighted by molar-refractivity contribution is 0.0947. The SMILES string of the molecule is Cc1nc(C(=O)NCc2cccnc2)c(-c2ccccc2)s1. The minimum Gasteiger partial charge on any atom is -0.347 e. The number of carbonyl (C=O) groups excluding carboxylic acids is 1. The highest BCUT2D eigenvalue weighted by atomic mass is 32.1. The molecule has 0 saturated carbocycles. The highest BCUT2D eigenvalue weighted by molar-refractivity contribution is 7.15. The molecule has 0 bridgehead atoms. The molecule has 0 atom stereocenters. The zero-order valence-corrected chi connectivity index (χ0v) is 12.9. The molecule has 0 radical (unpaired) electrons. The third kappa shape index (κ3) is 3.20. The van der Waals surface area contributed by atoms with Crippen LogP contribution in [0.5, 0.6) is 0 Å². The number of nitrogens with one attached hydrogen (secondary N) is 1. The monoisotopic (exact) mass is 309 g/mol. The molecule has 1 N–H and O–H groups in total. The Kier molecular flexibility index (Phi) is 4.25. The van der Waals surface area contributed by atoms with Crippen LogP contribution in [-0.2, 0) is 6.54 Å². The summed E-state index contributed by atoms with van der Waals surface area (Å²) in [4.78, 5) is 21.8. The van der Waals surface area contributed by atoms with E-state index in [1.54, 1.807) is 12.4 Å². The number of pyridine rings is 1. The Morgan fingerprint density at radius 1 is 1.18 bits per heavy atom. The van der Waals surface area contributed by atoms with Crippen LogP contribution in [0.3, 0.4) is 0 Å². The van der Waals surface area contributed by atoms with Crippen molar-refractivity contribution >= 4 is 17.2 Å². The van der Waals surface area contributed by atoms with Crippen molar-refractivity contribution in [2.24, 2.45) is 0 Å². The van der Waals surface area contributed by atoms with E-state index >= 15 is 0 Å². The largest absolute Gasteiger partial charge is 0.347 e. The Bertz CT molecular complexity index is 769. The van der Waals surface area contributed by atoms with Gasteiger partial charge in [-0.05, 0) is 24.1 Å². The molecule has 0 aliphatic heterocycles. The number of rotatable bonds is 4. The fourth-order valence-corrected chi connectivity index (χ4v) is 3.06. The lowest BCUT2D eigenvalue weighted by Crippen LogP contribution is -2.23. The molecule has 3 rings (SSSR count). The molecule has 5 heteroatoms. The number of carbonyl (C=O) groups is 1. The number of benzene rings is 1. The lowest BCUT2D eigenvalue weighted by atomic mass is 10.1. The zero-order chi connectivity index (χ0) is 15.4. The van der Waals surface area contributed by atoms with Crippen molar-refractivity contribution in [1.82, 2.24) is 15.3 Å². The molecule has 0 unspecified atom stereocenters. The fraction of sp³-hybridized carbons (Fsp3) is 0.118. The predicted molar refractivity (Wildman–Crippen MR) is 87.7 cm³/mol. The molecule has 1 amide bonds. The Labute approximate surface area is 132 Å². The quantitative estimate of drug-likeness (QED) is 0.803. The molecule has 4 nitrogen and oxygen atoms in total. The van der Waals surface area contributed by atoms with Crippen LogP contribution in [0.25, 0.3) is 10.4 Å². The van der Waals surface area contributed by atoms with Crippen LogP contribution < -0.4 is 5.32 Å². The van der Waals surface area contributed by atoms with Crippen molar-refractivity contribution in [2.45, 2.75) is 13.5 Å². The van der Waals surface area contributed by atoms with Crippen molar-refractivity contribution in [3.05, 3.63) is 71.1 Å². The number of thiazole rings is 1. The van der Waals surface area contributed by atoms with Crippen molar-refractivity contribution in [3.63, 3.8) is 0 Å². The topological polar surface area (TPSA) is 54.9 Å².